The molecule has 0 bridgehead atoms. The molecule has 0 saturated heterocycles. The Morgan fingerprint density at radius 3 is 1.94 bits per heavy atom. The van der Waals surface area contributed by atoms with Gasteiger partial charge >= 0.3 is 0 Å². The van der Waals surface area contributed by atoms with Crippen LogP contribution in [-0.4, -0.2) is 14.3 Å². The number of anilines is 1. The molecule has 1 unspecified atom stereocenters. The Bertz CT molecular complexity index is 1360. The highest BCUT2D eigenvalue weighted by Gasteiger charge is 2.29. The lowest BCUT2D eigenvalue weighted by atomic mass is 10.0. The van der Waals surface area contributed by atoms with Gasteiger partial charge in [0, 0.05) is 0 Å². The van der Waals surface area contributed by atoms with Gasteiger partial charge in [-0.25, -0.2) is 8.42 Å². The van der Waals surface area contributed by atoms with Crippen LogP contribution in [0.25, 0.3) is 0 Å². The molecule has 0 spiro atoms. The molecular weight excluding hydrogens is 456 g/mol. The maximum atomic E-state index is 13.8. The molecule has 4 rings (SSSR count). The number of sulfonamides is 1. The quantitative estimate of drug-likeness (QED) is 0.319. The Morgan fingerprint density at radius 1 is 0.771 bits per heavy atom. The second-order valence-electron chi connectivity index (χ2n) is 8.17. The molecule has 5 nitrogen and oxygen atoms in total. The van der Waals surface area contributed by atoms with Crippen molar-refractivity contribution in [1.82, 2.24) is 5.32 Å². The maximum Gasteiger partial charge on any atom is 0.264 e. The molecule has 0 radical (unpaired) electrons. The van der Waals surface area contributed by atoms with Crippen LogP contribution in [0.15, 0.2) is 120 Å². The van der Waals surface area contributed by atoms with Gasteiger partial charge in [-0.3, -0.25) is 9.10 Å². The lowest BCUT2D eigenvalue weighted by Gasteiger charge is -2.27. The van der Waals surface area contributed by atoms with E-state index < -0.39 is 10.0 Å². The van der Waals surface area contributed by atoms with Crippen LogP contribution in [-0.2, 0) is 16.6 Å². The number of hydrogen-bond donors (Lipinski definition) is 1. The number of para-hydroxylation sites is 1. The standard InChI is InChI=1S/C29H28N2O3S/c1-2-27(24-16-8-4-9-17-24)30-29(32)26-20-12-13-21-28(26)31(22-23-14-6-3-7-15-23)35(33,34)25-18-10-5-11-19-25/h3-21,27H,2,22H2,1H3,(H,30,32). The van der Waals surface area contributed by atoms with Crippen LogP contribution in [0.1, 0.15) is 40.9 Å². The van der Waals surface area contributed by atoms with Gasteiger partial charge in [-0.1, -0.05) is 97.9 Å². The monoisotopic (exact) mass is 484 g/mol. The van der Waals surface area contributed by atoms with Crippen molar-refractivity contribution in [3.63, 3.8) is 0 Å². The maximum absolute atomic E-state index is 13.8. The van der Waals surface area contributed by atoms with Crippen molar-refractivity contribution in [2.45, 2.75) is 30.8 Å². The summed E-state index contributed by atoms with van der Waals surface area (Å²) >= 11 is 0. The molecule has 4 aromatic carbocycles. The predicted molar refractivity (Wildman–Crippen MR) is 140 cm³/mol. The average molecular weight is 485 g/mol. The van der Waals surface area contributed by atoms with E-state index in [2.05, 4.69) is 5.32 Å². The number of hydrogen-bond acceptors (Lipinski definition) is 3. The van der Waals surface area contributed by atoms with Crippen molar-refractivity contribution in [3.8, 4) is 0 Å². The number of rotatable bonds is 9. The highest BCUT2D eigenvalue weighted by Crippen LogP contribution is 2.30. The Balaban J connectivity index is 1.75. The molecule has 0 heterocycles. The van der Waals surface area contributed by atoms with Crippen LogP contribution in [0.4, 0.5) is 5.69 Å². The molecule has 0 aliphatic heterocycles. The molecule has 0 fully saturated rings. The lowest BCUT2D eigenvalue weighted by molar-refractivity contribution is 0.0936. The summed E-state index contributed by atoms with van der Waals surface area (Å²) < 4.78 is 28.9. The Kier molecular flexibility index (Phi) is 7.63. The molecule has 1 amide bonds. The Labute approximate surface area is 207 Å². The zero-order valence-electron chi connectivity index (χ0n) is 19.5. The van der Waals surface area contributed by atoms with Gasteiger partial charge in [0.05, 0.1) is 28.7 Å². The van der Waals surface area contributed by atoms with Crippen molar-refractivity contribution in [2.24, 2.45) is 0 Å². The fourth-order valence-corrected chi connectivity index (χ4v) is 5.49. The highest BCUT2D eigenvalue weighted by atomic mass is 32.2. The summed E-state index contributed by atoms with van der Waals surface area (Å²) in [5, 5.41) is 3.09. The van der Waals surface area contributed by atoms with Gasteiger partial charge in [0.25, 0.3) is 15.9 Å². The average Bonchev–Trinajstić information content (AvgIpc) is 2.91. The molecule has 0 saturated carbocycles. The topological polar surface area (TPSA) is 66.5 Å². The van der Waals surface area contributed by atoms with E-state index in [4.69, 9.17) is 0 Å². The van der Waals surface area contributed by atoms with Gasteiger partial charge in [0.15, 0.2) is 0 Å². The number of nitrogens with zero attached hydrogens (tertiary/aromatic N) is 1. The van der Waals surface area contributed by atoms with E-state index in [-0.39, 0.29) is 23.4 Å². The first-order valence-electron chi connectivity index (χ1n) is 11.6. The van der Waals surface area contributed by atoms with Gasteiger partial charge in [0.2, 0.25) is 0 Å². The van der Waals surface area contributed by atoms with E-state index >= 15 is 0 Å². The van der Waals surface area contributed by atoms with E-state index in [1.165, 1.54) is 4.31 Å². The molecule has 178 valence electrons. The highest BCUT2D eigenvalue weighted by molar-refractivity contribution is 7.92. The van der Waals surface area contributed by atoms with Gasteiger partial charge in [-0.05, 0) is 41.8 Å². The second-order valence-corrected chi connectivity index (χ2v) is 10.0. The third-order valence-corrected chi connectivity index (χ3v) is 7.61. The summed E-state index contributed by atoms with van der Waals surface area (Å²) in [4.78, 5) is 13.7. The zero-order valence-corrected chi connectivity index (χ0v) is 20.4. The zero-order chi connectivity index (χ0) is 24.7. The summed E-state index contributed by atoms with van der Waals surface area (Å²) in [7, 11) is -3.94. The first-order chi connectivity index (χ1) is 17.0. The molecule has 4 aromatic rings. The molecular formula is C29H28N2O3S. The summed E-state index contributed by atoms with van der Waals surface area (Å²) in [6.45, 7) is 2.10. The van der Waals surface area contributed by atoms with E-state index in [0.29, 0.717) is 17.7 Å². The van der Waals surface area contributed by atoms with Crippen LogP contribution < -0.4 is 9.62 Å². The van der Waals surface area contributed by atoms with Crippen LogP contribution in [0, 0.1) is 0 Å². The summed E-state index contributed by atoms with van der Waals surface area (Å²) in [5.74, 6) is -0.322. The largest absolute Gasteiger partial charge is 0.345 e. The number of benzene rings is 4. The van der Waals surface area contributed by atoms with Crippen molar-refractivity contribution < 1.29 is 13.2 Å². The van der Waals surface area contributed by atoms with E-state index in [9.17, 15) is 13.2 Å². The number of nitrogens with one attached hydrogen (secondary N) is 1. The number of amides is 1. The minimum atomic E-state index is -3.94. The third-order valence-electron chi connectivity index (χ3n) is 5.83. The van der Waals surface area contributed by atoms with Gasteiger partial charge in [-0.15, -0.1) is 0 Å². The summed E-state index contributed by atoms with van der Waals surface area (Å²) in [5.41, 5.74) is 2.45. The summed E-state index contributed by atoms with van der Waals surface area (Å²) in [6, 6.07) is 34.1. The predicted octanol–water partition coefficient (Wildman–Crippen LogP) is 5.96. The van der Waals surface area contributed by atoms with Crippen molar-refractivity contribution in [1.29, 1.82) is 0 Å². The van der Waals surface area contributed by atoms with Crippen LogP contribution >= 0.6 is 0 Å². The molecule has 0 aromatic heterocycles. The molecule has 0 aliphatic rings. The molecule has 1 atom stereocenters. The molecule has 0 aliphatic carbocycles. The van der Waals surface area contributed by atoms with Crippen molar-refractivity contribution in [2.75, 3.05) is 4.31 Å². The smallest absolute Gasteiger partial charge is 0.264 e. The van der Waals surface area contributed by atoms with Crippen molar-refractivity contribution in [3.05, 3.63) is 132 Å². The molecule has 6 heteroatoms. The Hall–Kier alpha value is -3.90. The fourth-order valence-electron chi connectivity index (χ4n) is 3.99. The SMILES string of the molecule is CCC(NC(=O)c1ccccc1N(Cc1ccccc1)S(=O)(=O)c1ccccc1)c1ccccc1. The van der Waals surface area contributed by atoms with E-state index in [1.54, 1.807) is 54.6 Å². The number of carbonyl (C=O) groups excluding carboxylic acids is 1. The van der Waals surface area contributed by atoms with Gasteiger partial charge < -0.3 is 5.32 Å². The third kappa shape index (κ3) is 5.61. The normalized spacial score (nSPS) is 12.0. The minimum absolute atomic E-state index is 0.0955. The first-order valence-corrected chi connectivity index (χ1v) is 13.0. The van der Waals surface area contributed by atoms with Gasteiger partial charge in [-0.2, -0.15) is 0 Å². The van der Waals surface area contributed by atoms with Crippen LogP contribution in [0.3, 0.4) is 0 Å². The van der Waals surface area contributed by atoms with Crippen LogP contribution in [0.5, 0.6) is 0 Å². The van der Waals surface area contributed by atoms with E-state index in [1.807, 2.05) is 67.6 Å². The van der Waals surface area contributed by atoms with Gasteiger partial charge in [0.1, 0.15) is 0 Å². The number of carbonyl (C=O) groups is 1. The first kappa shape index (κ1) is 24.2. The molecule has 1 N–H and O–H groups in total. The fraction of sp³-hybridized carbons (Fsp3) is 0.138. The van der Waals surface area contributed by atoms with E-state index in [0.717, 1.165) is 11.1 Å². The molecule has 35 heavy (non-hydrogen) atoms. The minimum Gasteiger partial charge on any atom is -0.345 e. The second kappa shape index (κ2) is 11.0. The van der Waals surface area contributed by atoms with Crippen LogP contribution in [0.2, 0.25) is 0 Å². The van der Waals surface area contributed by atoms with Crippen molar-refractivity contribution >= 4 is 21.6 Å². The summed E-state index contributed by atoms with van der Waals surface area (Å²) in [6.07, 6.45) is 0.702. The Morgan fingerprint density at radius 2 is 1.31 bits per heavy atom. The lowest BCUT2D eigenvalue weighted by Crippen LogP contribution is -2.34.